The van der Waals surface area contributed by atoms with Crippen LogP contribution in [0, 0.1) is 40.4 Å². The largest absolute Gasteiger partial charge is 0.464 e. The Balaban J connectivity index is 0.000000159. The van der Waals surface area contributed by atoms with Crippen molar-refractivity contribution in [2.45, 2.75) is 160 Å². The predicted octanol–water partition coefficient (Wildman–Crippen LogP) is 10.1. The Morgan fingerprint density at radius 3 is 1.52 bits per heavy atom. The van der Waals surface area contributed by atoms with E-state index in [1.54, 1.807) is 45.4 Å². The SMILES string of the molecule is CCC(CC)COC(=O)[C@H](C)N[P@](=O)(OC[C@H]1OC(C#N)(c2ccc3c(N)ncnn23)[C@H](O)[C@@H]1O)Oc1ccccc1.CC[C@H]1OC(C#N)(c2ccc3c(N)ncnn23)[C@H](OCc2ccccc2)[C@@H]1C.CC[C@H]1OC(OCc2ccccc2)(c2ccc3c(N)ncnn23)[C@H](OCc2ccccc2)[C@@H]1C. The zero-order valence-electron chi connectivity index (χ0n) is 58.9. The van der Waals surface area contributed by atoms with Crippen LogP contribution in [0.15, 0.2) is 177 Å². The number of hydrogen-bond acceptors (Lipinski definition) is 24. The number of fused-ring (bicyclic) bond motifs is 3. The van der Waals surface area contributed by atoms with E-state index in [0.29, 0.717) is 53.7 Å². The molecule has 28 nitrogen and oxygen atoms in total. The number of nitrogen functional groups attached to an aromatic ring is 3. The first-order valence-electron chi connectivity index (χ1n) is 34.7. The number of benzene rings is 4. The van der Waals surface area contributed by atoms with Crippen LogP contribution in [0.4, 0.5) is 17.5 Å². The van der Waals surface area contributed by atoms with Gasteiger partial charge in [-0.2, -0.15) is 30.9 Å². The molecule has 546 valence electrons. The van der Waals surface area contributed by atoms with Crippen LogP contribution in [0.2, 0.25) is 0 Å². The smallest absolute Gasteiger partial charge is 0.459 e. The fourth-order valence-electron chi connectivity index (χ4n) is 13.4. The van der Waals surface area contributed by atoms with E-state index in [9.17, 15) is 30.1 Å². The molecule has 104 heavy (non-hydrogen) atoms. The quantitative estimate of drug-likeness (QED) is 0.0217. The second kappa shape index (κ2) is 33.3. The van der Waals surface area contributed by atoms with Gasteiger partial charge in [0, 0.05) is 11.8 Å². The molecule has 4 aromatic carbocycles. The predicted molar refractivity (Wildman–Crippen MR) is 384 cm³/mol. The maximum absolute atomic E-state index is 13.9. The molecule has 14 atom stereocenters. The summed E-state index contributed by atoms with van der Waals surface area (Å²) in [6, 6.07) is 52.1. The van der Waals surface area contributed by atoms with Crippen molar-refractivity contribution >= 4 is 47.7 Å². The third kappa shape index (κ3) is 15.7. The van der Waals surface area contributed by atoms with Gasteiger partial charge in [0.15, 0.2) is 17.5 Å². The van der Waals surface area contributed by atoms with Crippen molar-refractivity contribution in [1.29, 1.82) is 10.5 Å². The van der Waals surface area contributed by atoms with Crippen LogP contribution in [0.1, 0.15) is 108 Å². The fraction of sp³-hybridized carbons (Fsp3) is 0.400. The number of carbonyl (C=O) groups excluding carboxylic acids is 1. The van der Waals surface area contributed by atoms with E-state index in [1.165, 1.54) is 36.5 Å². The van der Waals surface area contributed by atoms with Gasteiger partial charge in [-0.25, -0.2) is 33.1 Å². The summed E-state index contributed by atoms with van der Waals surface area (Å²) in [6.45, 7) is 14.7. The minimum Gasteiger partial charge on any atom is -0.464 e. The van der Waals surface area contributed by atoms with Gasteiger partial charge in [-0.1, -0.05) is 164 Å². The highest BCUT2D eigenvalue weighted by Crippen LogP contribution is 2.51. The van der Waals surface area contributed by atoms with E-state index in [4.69, 9.17) is 59.4 Å². The molecule has 0 amide bonds. The van der Waals surface area contributed by atoms with Crippen molar-refractivity contribution < 1.29 is 61.8 Å². The molecule has 6 aromatic heterocycles. The summed E-state index contributed by atoms with van der Waals surface area (Å²) >= 11 is 0. The van der Waals surface area contributed by atoms with Crippen LogP contribution in [0.25, 0.3) is 16.6 Å². The molecular formula is C75H88N15O13P. The molecule has 3 fully saturated rings. The van der Waals surface area contributed by atoms with E-state index in [-0.39, 0.29) is 59.9 Å². The zero-order valence-corrected chi connectivity index (χ0v) is 59.8. The molecule has 3 saturated heterocycles. The van der Waals surface area contributed by atoms with Gasteiger partial charge < -0.3 is 65.1 Å². The van der Waals surface area contributed by atoms with Crippen molar-refractivity contribution in [2.24, 2.45) is 17.8 Å². The number of aliphatic hydroxyl groups excluding tert-OH is 2. The molecule has 0 saturated carbocycles. The highest BCUT2D eigenvalue weighted by molar-refractivity contribution is 7.52. The van der Waals surface area contributed by atoms with Crippen molar-refractivity contribution in [3.63, 3.8) is 0 Å². The van der Waals surface area contributed by atoms with Crippen molar-refractivity contribution in [2.75, 3.05) is 30.4 Å². The van der Waals surface area contributed by atoms with Gasteiger partial charge in [0.05, 0.1) is 56.6 Å². The summed E-state index contributed by atoms with van der Waals surface area (Å²) in [4.78, 5) is 24.8. The average molecular weight is 1440 g/mol. The normalized spacial score (nSPS) is 25.1. The Morgan fingerprint density at radius 2 is 1.03 bits per heavy atom. The molecular weight excluding hydrogens is 1350 g/mol. The second-order valence-electron chi connectivity index (χ2n) is 25.9. The number of nitriles is 2. The molecule has 3 aliphatic heterocycles. The molecule has 9 heterocycles. The highest BCUT2D eigenvalue weighted by Gasteiger charge is 2.60. The van der Waals surface area contributed by atoms with Gasteiger partial charge in [0.1, 0.15) is 95.7 Å². The number of para-hydroxylation sites is 1. The lowest BCUT2D eigenvalue weighted by atomic mass is 9.87. The topological polar surface area (TPSA) is 386 Å². The van der Waals surface area contributed by atoms with E-state index in [1.807, 2.05) is 123 Å². The fourth-order valence-corrected chi connectivity index (χ4v) is 14.9. The van der Waals surface area contributed by atoms with Gasteiger partial charge in [0.25, 0.3) is 0 Å². The Hall–Kier alpha value is -9.78. The summed E-state index contributed by atoms with van der Waals surface area (Å²) in [7, 11) is -4.32. The number of nitrogens with zero attached hydrogens (tertiary/aromatic N) is 11. The molecule has 3 aliphatic rings. The van der Waals surface area contributed by atoms with Crippen molar-refractivity contribution in [3.8, 4) is 17.9 Å². The number of anilines is 3. The minimum absolute atomic E-state index is 0.0399. The van der Waals surface area contributed by atoms with Crippen LogP contribution in [0.3, 0.4) is 0 Å². The first kappa shape index (κ1) is 75.4. The van der Waals surface area contributed by atoms with Crippen LogP contribution < -0.4 is 26.8 Å². The second-order valence-corrected chi connectivity index (χ2v) is 27.5. The standard InChI is InChI=1S/C27H35N6O8P.C27H30N4O3.C21H23N5O2/c1-4-18(5-2)13-38-26(36)17(3)32-42(37,41-19-9-7-6-8-10-19)39-14-21-23(34)24(35)27(15-28,40-21)22-12-11-20-25(29)30-16-31-33(20)22;1-3-23-19(2)25(32-16-20-10-6-4-7-11-20)27(34-23,33-17-21-12-8-5-9-13-21)24-15-14-22-26(28)29-18-30-31(22)24;1-3-17-14(2)19(27-11-15-7-5-4-6-8-15)21(12-22,28-17)18-10-9-16-20(23)24-13-25-26(16)18/h6-12,16-18,21,23-24,34-35H,4-5,13-14H2,1-3H3,(H,32,37)(H2,29,30,31);4-15,18-19,23,25H,3,16-17H2,1-2H3,(H2,28,29,30);4-10,13-14,17,19H,3,11H2,1-2H3,(H2,23,24,25)/t17-,21+,23+,24+,27?,42-;19-,23-,25-,27?;14-,17-,19-,21?/m011/s1. The molecule has 0 bridgehead atoms. The zero-order chi connectivity index (χ0) is 73.8. The molecule has 3 unspecified atom stereocenters. The van der Waals surface area contributed by atoms with Crippen molar-refractivity contribution in [1.82, 2.24) is 48.9 Å². The number of aromatic nitrogens is 9. The lowest BCUT2D eigenvalue weighted by molar-refractivity contribution is -0.286. The van der Waals surface area contributed by atoms with E-state index in [2.05, 4.69) is 81.2 Å². The number of esters is 1. The lowest BCUT2D eigenvalue weighted by Crippen LogP contribution is -2.44. The first-order valence-corrected chi connectivity index (χ1v) is 36.2. The van der Waals surface area contributed by atoms with Crippen molar-refractivity contribution in [3.05, 3.63) is 210 Å². The lowest BCUT2D eigenvalue weighted by Gasteiger charge is -2.35. The number of aliphatic hydroxyl groups is 2. The summed E-state index contributed by atoms with van der Waals surface area (Å²) in [6.07, 6.45) is 1.64. The van der Waals surface area contributed by atoms with Crippen LogP contribution >= 0.6 is 7.75 Å². The first-order chi connectivity index (χ1) is 50.3. The molecule has 0 spiro atoms. The van der Waals surface area contributed by atoms with E-state index < -0.39 is 67.8 Å². The molecule has 9 N–H and O–H groups in total. The van der Waals surface area contributed by atoms with Crippen LogP contribution in [-0.4, -0.2) is 122 Å². The van der Waals surface area contributed by atoms with Gasteiger partial charge in [-0.3, -0.25) is 9.32 Å². The summed E-state index contributed by atoms with van der Waals surface area (Å²) in [5.41, 5.74) is 21.0. The third-order valence-electron chi connectivity index (χ3n) is 19.3. The maximum atomic E-state index is 13.9. The van der Waals surface area contributed by atoms with Gasteiger partial charge in [0.2, 0.25) is 17.0 Å². The van der Waals surface area contributed by atoms with Crippen LogP contribution in [0.5, 0.6) is 5.75 Å². The number of ether oxygens (including phenoxy) is 7. The van der Waals surface area contributed by atoms with Gasteiger partial charge in [-0.05, 0) is 90.9 Å². The Bertz CT molecular complexity index is 4620. The molecule has 13 rings (SSSR count). The number of nitrogens with two attached hydrogens (primary N) is 3. The Morgan fingerprint density at radius 1 is 0.596 bits per heavy atom. The van der Waals surface area contributed by atoms with E-state index >= 15 is 0 Å². The van der Waals surface area contributed by atoms with Crippen LogP contribution in [-0.2, 0) is 83.9 Å². The molecule has 10 aromatic rings. The summed E-state index contributed by atoms with van der Waals surface area (Å²) < 4.78 is 73.9. The minimum atomic E-state index is -4.32. The third-order valence-corrected chi connectivity index (χ3v) is 20.9. The van der Waals surface area contributed by atoms with E-state index in [0.717, 1.165) is 48.1 Å². The Labute approximate surface area is 602 Å². The number of hydrogen-bond donors (Lipinski definition) is 6. The van der Waals surface area contributed by atoms with Gasteiger partial charge >= 0.3 is 13.7 Å². The molecule has 0 radical (unpaired) electrons. The average Bonchev–Trinajstić information content (AvgIpc) is 1.60. The summed E-state index contributed by atoms with van der Waals surface area (Å²) in [5.74, 6) is -0.423. The summed E-state index contributed by atoms with van der Waals surface area (Å²) in [5, 5.41) is 57.7. The molecule has 29 heteroatoms. The van der Waals surface area contributed by atoms with Gasteiger partial charge in [-0.15, -0.1) is 0 Å². The molecule has 0 aliphatic carbocycles. The number of carbonyl (C=O) groups is 1. The monoisotopic (exact) mass is 1440 g/mol. The Kier molecular flexibility index (Phi) is 24.2. The maximum Gasteiger partial charge on any atom is 0.459 e. The number of rotatable bonds is 26. The highest BCUT2D eigenvalue weighted by atomic mass is 31.2. The number of nitrogens with one attached hydrogen (secondary N) is 1.